The predicted molar refractivity (Wildman–Crippen MR) is 557 cm³/mol. The summed E-state index contributed by atoms with van der Waals surface area (Å²) in [5.74, 6) is 6.91. The highest BCUT2D eigenvalue weighted by atomic mass is 35.5. The molecule has 1 aliphatic heterocycles. The van der Waals surface area contributed by atoms with Crippen LogP contribution in [0, 0.1) is 23.7 Å². The zero-order chi connectivity index (χ0) is 95.7. The zero-order valence-electron chi connectivity index (χ0n) is 82.2. The largest absolute Gasteiger partial charge is 0.461 e. The average molecular weight is 1930 g/mol. The molecule has 7 aromatic rings. The molecule has 5 atom stereocenters. The summed E-state index contributed by atoms with van der Waals surface area (Å²) in [4.78, 5) is 43.2. The SMILES string of the molecule is CC(C)CC(=O)OC(CSc1ccccc1)CSc1ccccc1.CC(C)CC(=O)Oc1ccccc1.CC(C)CC(=O)Sc1ccccc1.CC(C)OCC(CSC1=CCC=C1)OC(C)C.CC(C)OCC(CSc1ccc(Cl)cc1)OC(C)C.CC(C)OCC(CSc1ccccc1)OC(C)C.CC(C)OCC(OCC1CO1)C(C)C.CSc1ccc(C(C)C)cc1. The summed E-state index contributed by atoms with van der Waals surface area (Å²) in [5.41, 5.74) is 1.42. The fourth-order valence-corrected chi connectivity index (χ4v) is 17.0. The highest BCUT2D eigenvalue weighted by Gasteiger charge is 2.26. The number of para-hydroxylation sites is 1. The molecule has 1 fully saturated rings. The van der Waals surface area contributed by atoms with Crippen LogP contribution < -0.4 is 4.74 Å². The monoisotopic (exact) mass is 1930 g/mol. The van der Waals surface area contributed by atoms with Crippen LogP contribution in [0.4, 0.5) is 0 Å². The first kappa shape index (κ1) is 120. The Balaban J connectivity index is 0.000000504. The second kappa shape index (κ2) is 74.3. The number of halogens is 1. The first-order chi connectivity index (χ1) is 61.4. The van der Waals surface area contributed by atoms with Crippen molar-refractivity contribution >= 4 is 111 Å². The second-order valence-electron chi connectivity index (χ2n) is 34.6. The van der Waals surface area contributed by atoms with E-state index in [-0.39, 0.29) is 90.3 Å². The molecule has 14 nitrogen and oxygen atoms in total. The topological polar surface area (TPSA) is 156 Å². The molecule has 1 heterocycles. The fourth-order valence-electron chi connectivity index (χ4n) is 10.8. The normalized spacial score (nSPS) is 13.5. The number of carbonyl (C=O) groups is 3. The van der Waals surface area contributed by atoms with Crippen LogP contribution in [0.2, 0.25) is 5.02 Å². The number of allylic oxidation sites excluding steroid dienone is 3. The third-order valence-corrected chi connectivity index (χ3v) is 24.8. The van der Waals surface area contributed by atoms with Crippen molar-refractivity contribution in [3.8, 4) is 5.75 Å². The lowest BCUT2D eigenvalue weighted by Gasteiger charge is -2.22. The molecule has 9 rings (SSSR count). The van der Waals surface area contributed by atoms with Gasteiger partial charge in [0, 0.05) is 87.3 Å². The maximum absolute atomic E-state index is 12.0. The van der Waals surface area contributed by atoms with Crippen LogP contribution in [0.5, 0.6) is 5.75 Å². The summed E-state index contributed by atoms with van der Waals surface area (Å²) in [6.45, 7) is 53.9. The van der Waals surface area contributed by atoms with Crippen molar-refractivity contribution in [3.63, 3.8) is 0 Å². The molecule has 720 valence electrons. The lowest BCUT2D eigenvalue weighted by Crippen LogP contribution is -2.28. The summed E-state index contributed by atoms with van der Waals surface area (Å²) >= 11 is 17.9. The van der Waals surface area contributed by atoms with E-state index in [0.717, 1.165) is 51.7 Å². The Morgan fingerprint density at radius 3 is 1.09 bits per heavy atom. The summed E-state index contributed by atoms with van der Waals surface area (Å²) in [6, 6.07) is 66.4. The Hall–Kier alpha value is -4.99. The van der Waals surface area contributed by atoms with Crippen LogP contribution in [0.15, 0.2) is 253 Å². The Morgan fingerprint density at radius 2 is 0.744 bits per heavy atom. The standard InChI is InChI=1S/C20H24O2S2.C15H23ClO2S.C15H24O2S.C14H24O2S.C11H22O3.C11H14O2.C11H14OS.C10H14S/c1-16(2)13-20(21)22-17(14-23-18-9-5-3-6-10-18)15-24-19-11-7-4-8-12-19;1-11(2)17-9-14(18-12(3)4)10-19-15-7-5-13(16)6-8-15;1-12(2)16-10-14(17-13(3)4)11-18-15-8-6-5-7-9-15;1-11(2)15-9-13(16-12(3)4)10-17-14-7-5-6-8-14;1-8(2)11(7-12-9(3)4)14-6-10-5-13-10;2*1-9(2)8-11(12)13-10-6-4-3-5-7-10;1-8(2)9-4-6-10(11-3)7-5-9/h3-12,16-17H,13-15H2,1-2H3;5-8,11-12,14H,9-10H2,1-4H3;5-9,12-14H,10-11H2,1-4H3;5,7-8,11-13H,6,9-10H2,1-4H3;8-11H,5-7H2,1-4H3;2*3-7,9H,8H2,1-2H3;4-8H,1-3H3. The third kappa shape index (κ3) is 69.5. The first-order valence-corrected chi connectivity index (χ1v) is 53.2. The van der Waals surface area contributed by atoms with Crippen LogP contribution in [-0.2, 0) is 61.8 Å². The molecule has 7 aromatic carbocycles. The molecule has 129 heavy (non-hydrogen) atoms. The summed E-state index contributed by atoms with van der Waals surface area (Å²) < 4.78 is 61.8. The number of rotatable bonds is 48. The van der Waals surface area contributed by atoms with Gasteiger partial charge in [0.2, 0.25) is 0 Å². The quantitative estimate of drug-likeness (QED) is 0.0153. The molecule has 5 unspecified atom stereocenters. The van der Waals surface area contributed by atoms with Gasteiger partial charge in [0.05, 0.1) is 107 Å². The van der Waals surface area contributed by atoms with Crippen molar-refractivity contribution in [1.29, 1.82) is 0 Å². The predicted octanol–water partition coefficient (Wildman–Crippen LogP) is 29.3. The van der Waals surface area contributed by atoms with Crippen molar-refractivity contribution in [2.24, 2.45) is 23.7 Å². The minimum atomic E-state index is -0.166. The van der Waals surface area contributed by atoms with Crippen molar-refractivity contribution < 1.29 is 66.5 Å². The Bertz CT molecular complexity index is 3820. The number of hydrogen-bond acceptors (Lipinski definition) is 21. The molecule has 0 N–H and O–H groups in total. The van der Waals surface area contributed by atoms with Gasteiger partial charge < -0.3 is 52.1 Å². The Labute approximate surface area is 815 Å². The van der Waals surface area contributed by atoms with E-state index in [1.165, 1.54) is 46.7 Å². The summed E-state index contributed by atoms with van der Waals surface area (Å²) in [7, 11) is 0. The van der Waals surface area contributed by atoms with E-state index in [9.17, 15) is 14.4 Å². The summed E-state index contributed by atoms with van der Waals surface area (Å²) in [5, 5.41) is 1.02. The molecular weight excluding hydrogens is 1770 g/mol. The second-order valence-corrected chi connectivity index (χ2v) is 42.5. The lowest BCUT2D eigenvalue weighted by molar-refractivity contribution is -0.147. The van der Waals surface area contributed by atoms with Gasteiger partial charge in [0.15, 0.2) is 5.12 Å². The highest BCUT2D eigenvalue weighted by Crippen LogP contribution is 2.30. The Kier molecular flexibility index (Phi) is 69.1. The number of thioether (sulfide) groups is 7. The molecule has 0 amide bonds. The zero-order valence-corrected chi connectivity index (χ0v) is 88.7. The number of epoxide rings is 1. The van der Waals surface area contributed by atoms with Crippen molar-refractivity contribution in [3.05, 3.63) is 234 Å². The number of carbonyl (C=O) groups excluding carboxylic acids is 3. The van der Waals surface area contributed by atoms with Crippen LogP contribution in [0.3, 0.4) is 0 Å². The van der Waals surface area contributed by atoms with E-state index >= 15 is 0 Å². The number of benzene rings is 7. The van der Waals surface area contributed by atoms with Crippen LogP contribution >= 0.6 is 93.9 Å². The van der Waals surface area contributed by atoms with Crippen LogP contribution in [0.1, 0.15) is 203 Å². The van der Waals surface area contributed by atoms with E-state index in [0.29, 0.717) is 93.7 Å². The molecule has 2 aliphatic rings. The molecule has 0 bridgehead atoms. The maximum Gasteiger partial charge on any atom is 0.311 e. The molecule has 0 radical (unpaired) electrons. The van der Waals surface area contributed by atoms with Gasteiger partial charge in [-0.05, 0) is 242 Å². The van der Waals surface area contributed by atoms with E-state index < -0.39 is 0 Å². The third-order valence-electron chi connectivity index (χ3n) is 17.2. The van der Waals surface area contributed by atoms with Gasteiger partial charge >= 0.3 is 11.9 Å². The molecular formula is C107H159ClO14S7. The highest BCUT2D eigenvalue weighted by molar-refractivity contribution is 8.13. The minimum Gasteiger partial charge on any atom is -0.461 e. The van der Waals surface area contributed by atoms with Crippen LogP contribution in [0.25, 0.3) is 0 Å². The van der Waals surface area contributed by atoms with Crippen molar-refractivity contribution in [2.75, 3.05) is 74.7 Å². The number of ether oxygens (including phenoxy) is 11. The van der Waals surface area contributed by atoms with Crippen molar-refractivity contribution in [2.45, 2.75) is 306 Å². The van der Waals surface area contributed by atoms with Gasteiger partial charge in [-0.2, -0.15) is 0 Å². The fraction of sp³-hybridized carbons (Fsp3) is 0.542. The molecule has 22 heteroatoms. The van der Waals surface area contributed by atoms with Gasteiger partial charge in [0.25, 0.3) is 0 Å². The van der Waals surface area contributed by atoms with E-state index in [2.05, 4.69) is 208 Å². The summed E-state index contributed by atoms with van der Waals surface area (Å²) in [6.07, 6.45) is 14.0. The first-order valence-electron chi connectivity index (χ1n) is 45.9. The van der Waals surface area contributed by atoms with Gasteiger partial charge in [0.1, 0.15) is 18.0 Å². The minimum absolute atomic E-state index is 0.0911. The smallest absolute Gasteiger partial charge is 0.311 e. The van der Waals surface area contributed by atoms with Gasteiger partial charge in [-0.25, -0.2) is 0 Å². The lowest BCUT2D eigenvalue weighted by atomic mass is 10.0. The van der Waals surface area contributed by atoms with Crippen molar-refractivity contribution in [1.82, 2.24) is 0 Å². The molecule has 0 aromatic heterocycles. The van der Waals surface area contributed by atoms with E-state index in [4.69, 9.17) is 63.7 Å². The van der Waals surface area contributed by atoms with Gasteiger partial charge in [-0.15, -0.1) is 70.6 Å². The average Bonchev–Trinajstić information content (AvgIpc) is 1.85. The molecule has 0 spiro atoms. The number of hydrogen-bond donors (Lipinski definition) is 0. The number of esters is 2. The van der Waals surface area contributed by atoms with Gasteiger partial charge in [-0.3, -0.25) is 14.4 Å². The van der Waals surface area contributed by atoms with Gasteiger partial charge in [-0.1, -0.05) is 214 Å². The van der Waals surface area contributed by atoms with Crippen LogP contribution in [-0.4, -0.2) is 171 Å². The van der Waals surface area contributed by atoms with E-state index in [1.807, 2.05) is 194 Å². The molecule has 0 saturated carbocycles. The molecule has 1 aliphatic carbocycles. The maximum atomic E-state index is 12.0. The van der Waals surface area contributed by atoms with E-state index in [1.54, 1.807) is 59.2 Å². The molecule has 1 saturated heterocycles. The Morgan fingerprint density at radius 1 is 0.388 bits per heavy atom.